The summed E-state index contributed by atoms with van der Waals surface area (Å²) in [5, 5.41) is 11.3. The van der Waals surface area contributed by atoms with Gasteiger partial charge < -0.3 is 19.3 Å². The second kappa shape index (κ2) is 7.79. The van der Waals surface area contributed by atoms with Gasteiger partial charge in [0.25, 0.3) is 0 Å². The average molecular weight is 450 g/mol. The lowest BCUT2D eigenvalue weighted by atomic mass is 9.70. The number of rotatable bonds is 6. The second-order valence-corrected chi connectivity index (χ2v) is 10.9. The van der Waals surface area contributed by atoms with Gasteiger partial charge in [-0.05, 0) is 31.0 Å². The highest BCUT2D eigenvalue weighted by Crippen LogP contribution is 2.50. The topological polar surface area (TPSA) is 92.1 Å². The molecule has 0 bridgehead atoms. The first-order valence-electron chi connectivity index (χ1n) is 10.8. The predicted molar refractivity (Wildman–Crippen MR) is 119 cm³/mol. The number of methoxy groups -OCH3 is 1. The molecule has 1 N–H and O–H groups in total. The summed E-state index contributed by atoms with van der Waals surface area (Å²) in [6, 6.07) is 5.40. The number of aliphatic hydroxyl groups is 1. The van der Waals surface area contributed by atoms with Crippen LogP contribution in [0, 0.1) is 0 Å². The highest BCUT2D eigenvalue weighted by molar-refractivity contribution is 7.89. The lowest BCUT2D eigenvalue weighted by Crippen LogP contribution is -2.68. The number of ether oxygens (including phenoxy) is 1. The van der Waals surface area contributed by atoms with Crippen LogP contribution in [-0.2, 0) is 27.3 Å². The molecule has 1 aromatic heterocycles. The van der Waals surface area contributed by atoms with Gasteiger partial charge in [-0.3, -0.25) is 4.79 Å². The minimum atomic E-state index is -3.31. The molecule has 4 rings (SSSR count). The van der Waals surface area contributed by atoms with Crippen LogP contribution >= 0.6 is 0 Å². The number of sulfonamides is 1. The predicted octanol–water partition coefficient (Wildman–Crippen LogP) is 1.77. The Morgan fingerprint density at radius 3 is 2.55 bits per heavy atom. The molecular weight excluding hydrogens is 418 g/mol. The van der Waals surface area contributed by atoms with E-state index in [1.807, 2.05) is 36.7 Å². The largest absolute Gasteiger partial charge is 0.497 e. The van der Waals surface area contributed by atoms with Crippen molar-refractivity contribution in [1.29, 1.82) is 0 Å². The molecule has 1 fully saturated rings. The molecule has 1 amide bonds. The van der Waals surface area contributed by atoms with Crippen molar-refractivity contribution in [2.45, 2.75) is 38.1 Å². The Morgan fingerprint density at radius 1 is 1.26 bits per heavy atom. The van der Waals surface area contributed by atoms with Gasteiger partial charge in [0.2, 0.25) is 15.9 Å². The van der Waals surface area contributed by atoms with Crippen molar-refractivity contribution in [3.8, 4) is 5.75 Å². The third-order valence-electron chi connectivity index (χ3n) is 6.82. The highest BCUT2D eigenvalue weighted by Gasteiger charge is 2.56. The zero-order valence-corrected chi connectivity index (χ0v) is 19.4. The molecule has 0 aliphatic carbocycles. The van der Waals surface area contributed by atoms with Crippen LogP contribution < -0.4 is 4.74 Å². The van der Waals surface area contributed by atoms with Crippen LogP contribution in [0.4, 0.5) is 0 Å². The van der Waals surface area contributed by atoms with Gasteiger partial charge in [0, 0.05) is 55.7 Å². The second-order valence-electron chi connectivity index (χ2n) is 8.62. The van der Waals surface area contributed by atoms with Crippen LogP contribution in [0.1, 0.15) is 44.0 Å². The van der Waals surface area contributed by atoms with Crippen LogP contribution in [-0.4, -0.2) is 72.3 Å². The summed E-state index contributed by atoms with van der Waals surface area (Å²) in [7, 11) is 0.242. The third-order valence-corrected chi connectivity index (χ3v) is 8.60. The lowest BCUT2D eigenvalue weighted by molar-refractivity contribution is -0.138. The summed E-state index contributed by atoms with van der Waals surface area (Å²) in [5.74, 6) is 0.773. The first-order chi connectivity index (χ1) is 14.7. The zero-order chi connectivity index (χ0) is 22.6. The fraction of sp³-hybridized carbons (Fsp3) is 0.591. The standard InChI is InChI=1S/C22H31N3O5S/c1-5-7-19(27)25-14-22(12-24(13-22)31(28,29)6-2)20-16-9-8-15(30-4)10-17(16)23(3)21(20)18(25)11-26/h8-10,18,26H,5-7,11-14H2,1-4H3/t18-/m0/s1. The third kappa shape index (κ3) is 3.25. The normalized spacial score (nSPS) is 20.7. The van der Waals surface area contributed by atoms with Crippen LogP contribution in [0.2, 0.25) is 0 Å². The Morgan fingerprint density at radius 2 is 1.97 bits per heavy atom. The van der Waals surface area contributed by atoms with E-state index in [0.717, 1.165) is 34.3 Å². The number of fused-ring (bicyclic) bond motifs is 4. The Labute approximate surface area is 183 Å². The Bertz CT molecular complexity index is 1120. The van der Waals surface area contributed by atoms with Gasteiger partial charge in [-0.2, -0.15) is 4.31 Å². The fourth-order valence-corrected chi connectivity index (χ4v) is 6.50. The van der Waals surface area contributed by atoms with E-state index in [1.165, 1.54) is 4.31 Å². The van der Waals surface area contributed by atoms with Gasteiger partial charge in [0.15, 0.2) is 0 Å². The fourth-order valence-electron chi connectivity index (χ4n) is 5.24. The Kier molecular flexibility index (Phi) is 5.56. The molecule has 0 radical (unpaired) electrons. The monoisotopic (exact) mass is 449 g/mol. The summed E-state index contributed by atoms with van der Waals surface area (Å²) >= 11 is 0. The van der Waals surface area contributed by atoms with E-state index in [4.69, 9.17) is 4.74 Å². The van der Waals surface area contributed by atoms with Crippen molar-refractivity contribution >= 4 is 26.8 Å². The van der Waals surface area contributed by atoms with E-state index in [2.05, 4.69) is 0 Å². The molecule has 31 heavy (non-hydrogen) atoms. The number of benzene rings is 1. The van der Waals surface area contributed by atoms with E-state index in [-0.39, 0.29) is 18.3 Å². The van der Waals surface area contributed by atoms with Crippen LogP contribution in [0.15, 0.2) is 18.2 Å². The molecule has 1 aromatic carbocycles. The molecule has 2 aliphatic rings. The molecule has 3 heterocycles. The summed E-state index contributed by atoms with van der Waals surface area (Å²) in [6.45, 7) is 4.52. The summed E-state index contributed by atoms with van der Waals surface area (Å²) in [5.41, 5.74) is 2.40. The first kappa shape index (κ1) is 22.1. The minimum absolute atomic E-state index is 0.00814. The average Bonchev–Trinajstić information content (AvgIpc) is 3.03. The van der Waals surface area contributed by atoms with Crippen molar-refractivity contribution in [2.75, 3.05) is 39.1 Å². The number of carbonyl (C=O) groups is 1. The van der Waals surface area contributed by atoms with Gasteiger partial charge in [-0.1, -0.05) is 6.92 Å². The summed E-state index contributed by atoms with van der Waals surface area (Å²) in [6.07, 6.45) is 1.12. The number of hydrogen-bond donors (Lipinski definition) is 1. The van der Waals surface area contributed by atoms with Crippen molar-refractivity contribution in [3.05, 3.63) is 29.5 Å². The van der Waals surface area contributed by atoms with E-state index in [9.17, 15) is 18.3 Å². The van der Waals surface area contributed by atoms with Crippen molar-refractivity contribution in [3.63, 3.8) is 0 Å². The number of aromatic nitrogens is 1. The molecule has 8 nitrogen and oxygen atoms in total. The molecule has 1 spiro atoms. The number of aliphatic hydroxyl groups excluding tert-OH is 1. The Balaban J connectivity index is 1.92. The quantitative estimate of drug-likeness (QED) is 0.726. The van der Waals surface area contributed by atoms with Crippen LogP contribution in [0.3, 0.4) is 0 Å². The van der Waals surface area contributed by atoms with Crippen LogP contribution in [0.25, 0.3) is 10.9 Å². The molecule has 9 heteroatoms. The summed E-state index contributed by atoms with van der Waals surface area (Å²) in [4.78, 5) is 14.8. The zero-order valence-electron chi connectivity index (χ0n) is 18.6. The Hall–Kier alpha value is -2.10. The molecule has 1 atom stereocenters. The molecule has 2 aromatic rings. The van der Waals surface area contributed by atoms with Gasteiger partial charge in [-0.25, -0.2) is 8.42 Å². The van der Waals surface area contributed by atoms with E-state index >= 15 is 0 Å². The minimum Gasteiger partial charge on any atom is -0.497 e. The smallest absolute Gasteiger partial charge is 0.223 e. The number of aryl methyl sites for hydroxylation is 1. The molecule has 170 valence electrons. The number of carbonyl (C=O) groups excluding carboxylic acids is 1. The van der Waals surface area contributed by atoms with Gasteiger partial charge in [0.1, 0.15) is 5.75 Å². The molecule has 2 aliphatic heterocycles. The molecule has 1 saturated heterocycles. The maximum absolute atomic E-state index is 13.0. The first-order valence-corrected chi connectivity index (χ1v) is 12.4. The van der Waals surface area contributed by atoms with E-state index in [0.29, 0.717) is 26.1 Å². The number of hydrogen-bond acceptors (Lipinski definition) is 5. The van der Waals surface area contributed by atoms with Gasteiger partial charge in [0.05, 0.1) is 31.0 Å². The summed E-state index contributed by atoms with van der Waals surface area (Å²) < 4.78 is 33.9. The molecule has 0 unspecified atom stereocenters. The van der Waals surface area contributed by atoms with Gasteiger partial charge >= 0.3 is 0 Å². The number of amides is 1. The maximum atomic E-state index is 13.0. The van der Waals surface area contributed by atoms with E-state index < -0.39 is 21.5 Å². The van der Waals surface area contributed by atoms with Crippen molar-refractivity contribution in [2.24, 2.45) is 7.05 Å². The van der Waals surface area contributed by atoms with Crippen molar-refractivity contribution < 1.29 is 23.1 Å². The highest BCUT2D eigenvalue weighted by atomic mass is 32.2. The van der Waals surface area contributed by atoms with E-state index in [1.54, 1.807) is 18.9 Å². The molecule has 0 saturated carbocycles. The van der Waals surface area contributed by atoms with Gasteiger partial charge in [-0.15, -0.1) is 0 Å². The SMILES string of the molecule is CCCC(=O)N1CC2(CN(S(=O)(=O)CC)C2)c2c(n(C)c3cc(OC)ccc23)[C@@H]1CO. The van der Waals surface area contributed by atoms with Crippen LogP contribution in [0.5, 0.6) is 5.75 Å². The lowest BCUT2D eigenvalue weighted by Gasteiger charge is -2.55. The molecular formula is C22H31N3O5S. The van der Waals surface area contributed by atoms with Crippen molar-refractivity contribution in [1.82, 2.24) is 13.8 Å². The maximum Gasteiger partial charge on any atom is 0.223 e. The number of nitrogens with zero attached hydrogens (tertiary/aromatic N) is 3.